The van der Waals surface area contributed by atoms with Crippen LogP contribution >= 0.6 is 11.8 Å². The highest BCUT2D eigenvalue weighted by Gasteiger charge is 2.02. The molecule has 82 valence electrons. The molecule has 2 heteroatoms. The van der Waals surface area contributed by atoms with E-state index in [-0.39, 0.29) is 6.61 Å². The van der Waals surface area contributed by atoms with Crippen molar-refractivity contribution >= 4 is 11.8 Å². The van der Waals surface area contributed by atoms with Crippen molar-refractivity contribution in [3.05, 3.63) is 54.1 Å². The van der Waals surface area contributed by atoms with Gasteiger partial charge < -0.3 is 5.11 Å². The monoisotopic (exact) mass is 230 g/mol. The first-order valence-electron chi connectivity index (χ1n) is 5.18. The molecule has 2 aromatic carbocycles. The first-order chi connectivity index (χ1) is 7.85. The van der Waals surface area contributed by atoms with Crippen LogP contribution in [0.2, 0.25) is 0 Å². The summed E-state index contributed by atoms with van der Waals surface area (Å²) < 4.78 is 0. The van der Waals surface area contributed by atoms with Gasteiger partial charge in [-0.2, -0.15) is 0 Å². The molecular formula is C14H14OS. The van der Waals surface area contributed by atoms with Gasteiger partial charge in [0.1, 0.15) is 0 Å². The van der Waals surface area contributed by atoms with E-state index in [0.29, 0.717) is 0 Å². The van der Waals surface area contributed by atoms with Crippen molar-refractivity contribution in [1.82, 2.24) is 0 Å². The van der Waals surface area contributed by atoms with Crippen LogP contribution in [-0.4, -0.2) is 11.4 Å². The van der Waals surface area contributed by atoms with Gasteiger partial charge in [0, 0.05) is 4.90 Å². The van der Waals surface area contributed by atoms with Crippen LogP contribution in [0.4, 0.5) is 0 Å². The van der Waals surface area contributed by atoms with Crippen molar-refractivity contribution in [2.75, 3.05) is 6.26 Å². The molecule has 0 bridgehead atoms. The van der Waals surface area contributed by atoms with E-state index in [1.54, 1.807) is 11.8 Å². The molecule has 0 fully saturated rings. The maximum absolute atomic E-state index is 9.28. The fraction of sp³-hybridized carbons (Fsp3) is 0.143. The van der Waals surface area contributed by atoms with E-state index in [2.05, 4.69) is 30.5 Å². The molecule has 0 aliphatic carbocycles. The highest BCUT2D eigenvalue weighted by atomic mass is 32.2. The number of rotatable bonds is 3. The van der Waals surface area contributed by atoms with Gasteiger partial charge in [0.25, 0.3) is 0 Å². The molecule has 2 aromatic rings. The summed E-state index contributed by atoms with van der Waals surface area (Å²) in [6.07, 6.45) is 2.07. The summed E-state index contributed by atoms with van der Waals surface area (Å²) in [4.78, 5) is 1.25. The zero-order valence-electron chi connectivity index (χ0n) is 9.18. The van der Waals surface area contributed by atoms with Gasteiger partial charge in [-0.1, -0.05) is 36.4 Å². The van der Waals surface area contributed by atoms with Gasteiger partial charge in [0.05, 0.1) is 6.61 Å². The lowest BCUT2D eigenvalue weighted by molar-refractivity contribution is 0.282. The van der Waals surface area contributed by atoms with Crippen molar-refractivity contribution in [2.24, 2.45) is 0 Å². The van der Waals surface area contributed by atoms with Gasteiger partial charge in [-0.25, -0.2) is 0 Å². The first-order valence-corrected chi connectivity index (χ1v) is 6.41. The highest BCUT2D eigenvalue weighted by Crippen LogP contribution is 2.25. The normalized spacial score (nSPS) is 10.4. The van der Waals surface area contributed by atoms with Crippen LogP contribution in [0, 0.1) is 0 Å². The second kappa shape index (κ2) is 5.19. The molecule has 0 radical (unpaired) electrons. The van der Waals surface area contributed by atoms with E-state index in [0.717, 1.165) is 16.7 Å². The zero-order valence-corrected chi connectivity index (χ0v) is 10.00. The van der Waals surface area contributed by atoms with Gasteiger partial charge in [-0.3, -0.25) is 0 Å². The minimum atomic E-state index is 0.0838. The first kappa shape index (κ1) is 11.2. The van der Waals surface area contributed by atoms with Crippen molar-refractivity contribution in [2.45, 2.75) is 11.5 Å². The van der Waals surface area contributed by atoms with Crippen LogP contribution in [-0.2, 0) is 6.61 Å². The molecule has 0 aliphatic heterocycles. The summed E-state index contributed by atoms with van der Waals surface area (Å²) in [5.41, 5.74) is 3.24. The Balaban J connectivity index is 2.42. The maximum atomic E-state index is 9.28. The molecule has 0 spiro atoms. The minimum Gasteiger partial charge on any atom is -0.392 e. The number of thioether (sulfide) groups is 1. The van der Waals surface area contributed by atoms with Crippen molar-refractivity contribution in [3.63, 3.8) is 0 Å². The lowest BCUT2D eigenvalue weighted by Gasteiger charge is -2.07. The predicted molar refractivity (Wildman–Crippen MR) is 69.6 cm³/mol. The third-order valence-electron chi connectivity index (χ3n) is 2.59. The lowest BCUT2D eigenvalue weighted by Crippen LogP contribution is -1.88. The summed E-state index contributed by atoms with van der Waals surface area (Å²) in [6.45, 7) is 0.0838. The van der Waals surface area contributed by atoms with E-state index in [1.807, 2.05) is 24.3 Å². The molecule has 1 nitrogen and oxygen atoms in total. The predicted octanol–water partition coefficient (Wildman–Crippen LogP) is 3.57. The summed E-state index contributed by atoms with van der Waals surface area (Å²) >= 11 is 1.73. The fourth-order valence-corrected chi connectivity index (χ4v) is 2.12. The van der Waals surface area contributed by atoms with E-state index in [4.69, 9.17) is 0 Å². The Bertz CT molecular complexity index is 462. The van der Waals surface area contributed by atoms with E-state index < -0.39 is 0 Å². The van der Waals surface area contributed by atoms with Crippen molar-refractivity contribution in [3.8, 4) is 11.1 Å². The number of hydrogen-bond donors (Lipinski definition) is 1. The van der Waals surface area contributed by atoms with Crippen LogP contribution in [0.3, 0.4) is 0 Å². The molecule has 1 N–H and O–H groups in total. The Labute approximate surface area is 100 Å². The van der Waals surface area contributed by atoms with Gasteiger partial charge in [-0.15, -0.1) is 11.8 Å². The average molecular weight is 230 g/mol. The third kappa shape index (κ3) is 2.29. The highest BCUT2D eigenvalue weighted by molar-refractivity contribution is 7.98. The van der Waals surface area contributed by atoms with Crippen LogP contribution in [0.15, 0.2) is 53.4 Å². The molecule has 0 heterocycles. The minimum absolute atomic E-state index is 0.0838. The van der Waals surface area contributed by atoms with Crippen LogP contribution in [0.5, 0.6) is 0 Å². The zero-order chi connectivity index (χ0) is 11.4. The Morgan fingerprint density at radius 1 is 1.00 bits per heavy atom. The Hall–Kier alpha value is -1.25. The Kier molecular flexibility index (Phi) is 3.65. The second-order valence-electron chi connectivity index (χ2n) is 3.54. The smallest absolute Gasteiger partial charge is 0.0687 e. The van der Waals surface area contributed by atoms with Gasteiger partial charge in [-0.05, 0) is 35.1 Å². The molecule has 0 saturated heterocycles. The van der Waals surface area contributed by atoms with Crippen LogP contribution < -0.4 is 0 Å². The summed E-state index contributed by atoms with van der Waals surface area (Å²) in [5.74, 6) is 0. The molecule has 2 rings (SSSR count). The summed E-state index contributed by atoms with van der Waals surface area (Å²) in [6, 6.07) is 16.3. The SMILES string of the molecule is CSc1ccc(-c2ccccc2CO)cc1. The fourth-order valence-electron chi connectivity index (χ4n) is 1.71. The topological polar surface area (TPSA) is 20.2 Å². The number of hydrogen-bond acceptors (Lipinski definition) is 2. The van der Waals surface area contributed by atoms with Gasteiger partial charge >= 0.3 is 0 Å². The summed E-state index contributed by atoms with van der Waals surface area (Å²) in [5, 5.41) is 9.28. The molecule has 0 aromatic heterocycles. The van der Waals surface area contributed by atoms with E-state index in [1.165, 1.54) is 4.90 Å². The maximum Gasteiger partial charge on any atom is 0.0687 e. The quantitative estimate of drug-likeness (QED) is 0.813. The van der Waals surface area contributed by atoms with Crippen molar-refractivity contribution < 1.29 is 5.11 Å². The largest absolute Gasteiger partial charge is 0.392 e. The van der Waals surface area contributed by atoms with Crippen molar-refractivity contribution in [1.29, 1.82) is 0 Å². The van der Waals surface area contributed by atoms with E-state index >= 15 is 0 Å². The molecule has 0 unspecified atom stereocenters. The molecule has 0 atom stereocenters. The number of aliphatic hydroxyl groups is 1. The second-order valence-corrected chi connectivity index (χ2v) is 4.42. The lowest BCUT2D eigenvalue weighted by atomic mass is 10.0. The molecular weight excluding hydrogens is 216 g/mol. The molecule has 0 amide bonds. The molecule has 0 aliphatic rings. The average Bonchev–Trinajstić information content (AvgIpc) is 2.39. The van der Waals surface area contributed by atoms with Crippen LogP contribution in [0.25, 0.3) is 11.1 Å². The Morgan fingerprint density at radius 3 is 2.31 bits per heavy atom. The third-order valence-corrected chi connectivity index (χ3v) is 3.33. The van der Waals surface area contributed by atoms with Gasteiger partial charge in [0.15, 0.2) is 0 Å². The van der Waals surface area contributed by atoms with Gasteiger partial charge in [0.2, 0.25) is 0 Å². The Morgan fingerprint density at radius 2 is 1.69 bits per heavy atom. The molecule has 0 saturated carbocycles. The van der Waals surface area contributed by atoms with E-state index in [9.17, 15) is 5.11 Å². The molecule has 16 heavy (non-hydrogen) atoms. The standard InChI is InChI=1S/C14H14OS/c1-16-13-8-6-11(7-9-13)14-5-3-2-4-12(14)10-15/h2-9,15H,10H2,1H3. The summed E-state index contributed by atoms with van der Waals surface area (Å²) in [7, 11) is 0. The number of aliphatic hydroxyl groups excluding tert-OH is 1. The number of benzene rings is 2. The van der Waals surface area contributed by atoms with Crippen LogP contribution in [0.1, 0.15) is 5.56 Å².